The SMILES string of the molecule is CS(=O)(=O)N(CC(=O)N/N=C\c1ccncc1)c1ccccc1Cl. The maximum Gasteiger partial charge on any atom is 0.260 e. The van der Waals surface area contributed by atoms with E-state index in [-0.39, 0.29) is 10.7 Å². The maximum atomic E-state index is 12.0. The van der Waals surface area contributed by atoms with Crippen LogP contribution in [0.5, 0.6) is 0 Å². The van der Waals surface area contributed by atoms with Crippen molar-refractivity contribution < 1.29 is 13.2 Å². The van der Waals surface area contributed by atoms with Gasteiger partial charge in [0.25, 0.3) is 5.91 Å². The van der Waals surface area contributed by atoms with Crippen LogP contribution in [0.4, 0.5) is 5.69 Å². The quantitative estimate of drug-likeness (QED) is 0.621. The van der Waals surface area contributed by atoms with Gasteiger partial charge < -0.3 is 0 Å². The van der Waals surface area contributed by atoms with Crippen molar-refractivity contribution in [2.24, 2.45) is 5.10 Å². The average Bonchev–Trinajstić information content (AvgIpc) is 2.53. The number of para-hydroxylation sites is 1. The van der Waals surface area contributed by atoms with E-state index in [9.17, 15) is 13.2 Å². The van der Waals surface area contributed by atoms with Gasteiger partial charge >= 0.3 is 0 Å². The zero-order valence-electron chi connectivity index (χ0n) is 12.8. The lowest BCUT2D eigenvalue weighted by atomic mass is 10.3. The van der Waals surface area contributed by atoms with Gasteiger partial charge in [-0.05, 0) is 29.8 Å². The van der Waals surface area contributed by atoms with Crippen LogP contribution in [0.25, 0.3) is 0 Å². The molecule has 0 aliphatic heterocycles. The Morgan fingerprint density at radius 3 is 2.58 bits per heavy atom. The van der Waals surface area contributed by atoms with Crippen molar-refractivity contribution in [3.05, 3.63) is 59.4 Å². The Balaban J connectivity index is 2.09. The molecule has 9 heteroatoms. The van der Waals surface area contributed by atoms with Gasteiger partial charge in [0, 0.05) is 12.4 Å². The number of amides is 1. The van der Waals surface area contributed by atoms with Gasteiger partial charge in [0.05, 0.1) is 23.2 Å². The van der Waals surface area contributed by atoms with Crippen LogP contribution in [0.1, 0.15) is 5.56 Å². The summed E-state index contributed by atoms with van der Waals surface area (Å²) in [5.74, 6) is -0.592. The van der Waals surface area contributed by atoms with Gasteiger partial charge in [-0.1, -0.05) is 23.7 Å². The third kappa shape index (κ3) is 5.04. The van der Waals surface area contributed by atoms with E-state index in [0.29, 0.717) is 0 Å². The van der Waals surface area contributed by atoms with Crippen LogP contribution < -0.4 is 9.73 Å². The molecule has 2 rings (SSSR count). The molecule has 0 radical (unpaired) electrons. The molecule has 0 spiro atoms. The summed E-state index contributed by atoms with van der Waals surface area (Å²) in [6.07, 6.45) is 5.61. The minimum absolute atomic E-state index is 0.231. The molecule has 0 saturated heterocycles. The lowest BCUT2D eigenvalue weighted by molar-refractivity contribution is -0.119. The van der Waals surface area contributed by atoms with Crippen molar-refractivity contribution in [2.75, 3.05) is 17.1 Å². The molecule has 1 heterocycles. The number of sulfonamides is 1. The van der Waals surface area contributed by atoms with E-state index in [1.165, 1.54) is 12.3 Å². The topological polar surface area (TPSA) is 91.7 Å². The first-order valence-electron chi connectivity index (χ1n) is 6.82. The highest BCUT2D eigenvalue weighted by Gasteiger charge is 2.22. The Bertz CT molecular complexity index is 841. The van der Waals surface area contributed by atoms with Gasteiger partial charge in [-0.2, -0.15) is 5.10 Å². The highest BCUT2D eigenvalue weighted by atomic mass is 35.5. The Hall–Kier alpha value is -2.45. The van der Waals surface area contributed by atoms with Crippen molar-refractivity contribution in [1.82, 2.24) is 10.4 Å². The van der Waals surface area contributed by atoms with Crippen molar-refractivity contribution in [3.63, 3.8) is 0 Å². The minimum atomic E-state index is -3.68. The van der Waals surface area contributed by atoms with Crippen LogP contribution in [0.15, 0.2) is 53.9 Å². The molecule has 2 aromatic rings. The molecule has 1 aromatic carbocycles. The Morgan fingerprint density at radius 2 is 1.96 bits per heavy atom. The second kappa shape index (κ2) is 7.89. The zero-order valence-corrected chi connectivity index (χ0v) is 14.3. The van der Waals surface area contributed by atoms with E-state index >= 15 is 0 Å². The summed E-state index contributed by atoms with van der Waals surface area (Å²) in [4.78, 5) is 15.9. The maximum absolute atomic E-state index is 12.0. The highest BCUT2D eigenvalue weighted by molar-refractivity contribution is 7.92. The monoisotopic (exact) mass is 366 g/mol. The molecule has 7 nitrogen and oxygen atoms in total. The molecule has 0 fully saturated rings. The Kier molecular flexibility index (Phi) is 5.88. The third-order valence-electron chi connectivity index (χ3n) is 2.92. The van der Waals surface area contributed by atoms with Crippen molar-refractivity contribution in [3.8, 4) is 0 Å². The van der Waals surface area contributed by atoms with Gasteiger partial charge in [0.1, 0.15) is 6.54 Å². The lowest BCUT2D eigenvalue weighted by Crippen LogP contribution is -2.39. The summed E-state index contributed by atoms with van der Waals surface area (Å²) in [5.41, 5.74) is 3.26. The summed E-state index contributed by atoms with van der Waals surface area (Å²) in [6.45, 7) is -0.434. The summed E-state index contributed by atoms with van der Waals surface area (Å²) in [6, 6.07) is 9.81. The number of nitrogens with zero attached hydrogens (tertiary/aromatic N) is 3. The number of halogens is 1. The van der Waals surface area contributed by atoms with Gasteiger partial charge in [-0.3, -0.25) is 14.1 Å². The number of pyridine rings is 1. The number of carbonyl (C=O) groups is 1. The molecule has 0 saturated carbocycles. The van der Waals surface area contributed by atoms with E-state index in [2.05, 4.69) is 15.5 Å². The van der Waals surface area contributed by atoms with Crippen molar-refractivity contribution in [2.45, 2.75) is 0 Å². The lowest BCUT2D eigenvalue weighted by Gasteiger charge is -2.22. The van der Waals surface area contributed by atoms with Crippen molar-refractivity contribution in [1.29, 1.82) is 0 Å². The van der Waals surface area contributed by atoms with Crippen LogP contribution in [0, 0.1) is 0 Å². The fourth-order valence-electron chi connectivity index (χ4n) is 1.83. The van der Waals surface area contributed by atoms with E-state index in [4.69, 9.17) is 11.6 Å². The number of carbonyl (C=O) groups excluding carboxylic acids is 1. The summed E-state index contributed by atoms with van der Waals surface area (Å²) in [5, 5.41) is 4.02. The highest BCUT2D eigenvalue weighted by Crippen LogP contribution is 2.26. The molecule has 0 atom stereocenters. The van der Waals surface area contributed by atoms with Crippen LogP contribution in [0.2, 0.25) is 5.02 Å². The summed E-state index contributed by atoms with van der Waals surface area (Å²) < 4.78 is 24.8. The van der Waals surface area contributed by atoms with Crippen molar-refractivity contribution >= 4 is 39.4 Å². The standard InChI is InChI=1S/C15H15ClN4O3S/c1-24(22,23)20(14-5-3-2-4-13(14)16)11-15(21)19-18-10-12-6-8-17-9-7-12/h2-10H,11H2,1H3,(H,19,21)/b18-10-. The number of nitrogens with one attached hydrogen (secondary N) is 1. The molecule has 0 bridgehead atoms. The zero-order chi connectivity index (χ0) is 17.6. The van der Waals surface area contributed by atoms with E-state index in [0.717, 1.165) is 16.1 Å². The van der Waals surface area contributed by atoms with Crippen LogP contribution in [-0.2, 0) is 14.8 Å². The average molecular weight is 367 g/mol. The van der Waals surface area contributed by atoms with E-state index in [1.807, 2.05) is 0 Å². The number of hydrogen-bond donors (Lipinski definition) is 1. The number of hydrogen-bond acceptors (Lipinski definition) is 5. The summed E-state index contributed by atoms with van der Waals surface area (Å²) >= 11 is 6.02. The van der Waals surface area contributed by atoms with Gasteiger partial charge in [0.2, 0.25) is 10.0 Å². The molecule has 1 amide bonds. The molecular weight excluding hydrogens is 352 g/mol. The molecule has 24 heavy (non-hydrogen) atoms. The smallest absolute Gasteiger partial charge is 0.260 e. The number of anilines is 1. The molecule has 1 N–H and O–H groups in total. The number of benzene rings is 1. The van der Waals surface area contributed by atoms with E-state index in [1.54, 1.807) is 42.7 Å². The second-order valence-corrected chi connectivity index (χ2v) is 7.11. The molecule has 0 unspecified atom stereocenters. The fraction of sp³-hybridized carbons (Fsp3) is 0.133. The van der Waals surface area contributed by atoms with E-state index < -0.39 is 22.5 Å². The predicted molar refractivity (Wildman–Crippen MR) is 93.6 cm³/mol. The molecule has 1 aromatic heterocycles. The first-order valence-corrected chi connectivity index (χ1v) is 9.05. The Morgan fingerprint density at radius 1 is 1.29 bits per heavy atom. The van der Waals surface area contributed by atoms with Crippen LogP contribution in [0.3, 0.4) is 0 Å². The molecule has 0 aliphatic carbocycles. The van der Waals surface area contributed by atoms with Crippen LogP contribution >= 0.6 is 11.6 Å². The number of rotatable bonds is 6. The fourth-order valence-corrected chi connectivity index (χ4v) is 2.99. The summed E-state index contributed by atoms with van der Waals surface area (Å²) in [7, 11) is -3.68. The minimum Gasteiger partial charge on any atom is -0.271 e. The largest absolute Gasteiger partial charge is 0.271 e. The van der Waals surface area contributed by atoms with Crippen LogP contribution in [-0.4, -0.2) is 38.3 Å². The molecular formula is C15H15ClN4O3S. The molecule has 126 valence electrons. The molecule has 0 aliphatic rings. The van der Waals surface area contributed by atoms with Gasteiger partial charge in [-0.15, -0.1) is 0 Å². The van der Waals surface area contributed by atoms with Gasteiger partial charge in [0.15, 0.2) is 0 Å². The predicted octanol–water partition coefficient (Wildman–Crippen LogP) is 1.65. The number of hydrazone groups is 1. The third-order valence-corrected chi connectivity index (χ3v) is 4.36. The number of aromatic nitrogens is 1. The van der Waals surface area contributed by atoms with Gasteiger partial charge in [-0.25, -0.2) is 13.8 Å². The first-order chi connectivity index (χ1) is 11.4. The second-order valence-electron chi connectivity index (χ2n) is 4.79. The normalized spacial score (nSPS) is 11.4. The Labute approximate surface area is 145 Å². The first kappa shape index (κ1) is 17.9.